The van der Waals surface area contributed by atoms with Crippen molar-refractivity contribution in [3.05, 3.63) is 48.6 Å². The summed E-state index contributed by atoms with van der Waals surface area (Å²) in [6.45, 7) is 9.38. The van der Waals surface area contributed by atoms with Crippen LogP contribution in [0.4, 0.5) is 0 Å². The SMILES string of the molecule is C=C[C@@H]1C[C@@]2(C(=O)OCC)C(c3ccccc3)=N[C@]1(OCC)C2OC(C)=O. The monoisotopic (exact) mass is 371 g/mol. The minimum atomic E-state index is -1.23. The Labute approximate surface area is 159 Å². The van der Waals surface area contributed by atoms with Gasteiger partial charge < -0.3 is 14.2 Å². The molecule has 1 heterocycles. The van der Waals surface area contributed by atoms with Crippen LogP contribution >= 0.6 is 0 Å². The Morgan fingerprint density at radius 1 is 1.26 bits per heavy atom. The van der Waals surface area contributed by atoms with Crippen molar-refractivity contribution in [2.24, 2.45) is 16.3 Å². The summed E-state index contributed by atoms with van der Waals surface area (Å²) in [4.78, 5) is 30.0. The van der Waals surface area contributed by atoms with Crippen molar-refractivity contribution in [3.63, 3.8) is 0 Å². The molecule has 2 aliphatic rings. The third kappa shape index (κ3) is 2.79. The smallest absolute Gasteiger partial charge is 0.322 e. The molecule has 144 valence electrons. The van der Waals surface area contributed by atoms with Crippen molar-refractivity contribution in [1.29, 1.82) is 0 Å². The number of fused-ring (bicyclic) bond motifs is 2. The zero-order valence-electron chi connectivity index (χ0n) is 15.9. The lowest BCUT2D eigenvalue weighted by Crippen LogP contribution is -2.50. The second kappa shape index (κ2) is 7.27. The lowest BCUT2D eigenvalue weighted by Gasteiger charge is -2.32. The van der Waals surface area contributed by atoms with Crippen LogP contribution in [0.5, 0.6) is 0 Å². The highest BCUT2D eigenvalue weighted by atomic mass is 16.6. The third-order valence-corrected chi connectivity index (χ3v) is 5.24. The largest absolute Gasteiger partial charge is 0.465 e. The van der Waals surface area contributed by atoms with Crippen molar-refractivity contribution in [1.82, 2.24) is 0 Å². The predicted octanol–water partition coefficient (Wildman–Crippen LogP) is 2.91. The molecule has 0 aromatic heterocycles. The van der Waals surface area contributed by atoms with Crippen molar-refractivity contribution < 1.29 is 23.8 Å². The summed E-state index contributed by atoms with van der Waals surface area (Å²) < 4.78 is 17.2. The van der Waals surface area contributed by atoms with E-state index in [4.69, 9.17) is 19.2 Å². The van der Waals surface area contributed by atoms with Gasteiger partial charge in [-0.05, 0) is 25.8 Å². The summed E-state index contributed by atoms with van der Waals surface area (Å²) in [6, 6.07) is 9.41. The molecule has 0 amide bonds. The average molecular weight is 371 g/mol. The second-order valence-corrected chi connectivity index (χ2v) is 6.74. The number of rotatable bonds is 7. The highest BCUT2D eigenvalue weighted by Crippen LogP contribution is 2.60. The molecule has 0 N–H and O–H groups in total. The standard InChI is InChI=1S/C21H25NO5/c1-5-16-13-20(19(24)25-6-2)17(15-11-9-8-10-12-15)22-21(16,26-7-3)18(20)27-14(4)23/h5,8-12,16,18H,1,6-7,13H2,2-4H3/t16-,18?,20-,21-/m1/s1. The van der Waals surface area contributed by atoms with E-state index in [1.54, 1.807) is 13.0 Å². The van der Waals surface area contributed by atoms with Gasteiger partial charge in [0.1, 0.15) is 0 Å². The van der Waals surface area contributed by atoms with E-state index in [1.807, 2.05) is 37.3 Å². The predicted molar refractivity (Wildman–Crippen MR) is 100 cm³/mol. The van der Waals surface area contributed by atoms with Crippen LogP contribution in [0.25, 0.3) is 0 Å². The van der Waals surface area contributed by atoms with Crippen molar-refractivity contribution in [2.45, 2.75) is 39.0 Å². The Balaban J connectivity index is 2.25. The average Bonchev–Trinajstić information content (AvgIpc) is 3.07. The topological polar surface area (TPSA) is 74.2 Å². The highest BCUT2D eigenvalue weighted by Gasteiger charge is 2.75. The van der Waals surface area contributed by atoms with Gasteiger partial charge >= 0.3 is 11.9 Å². The zero-order valence-corrected chi connectivity index (χ0v) is 15.9. The molecule has 1 saturated carbocycles. The van der Waals surface area contributed by atoms with Crippen molar-refractivity contribution in [3.8, 4) is 0 Å². The molecule has 3 rings (SSSR count). The Kier molecular flexibility index (Phi) is 5.20. The number of carbonyl (C=O) groups excluding carboxylic acids is 2. The quantitative estimate of drug-likeness (QED) is 0.544. The third-order valence-electron chi connectivity index (χ3n) is 5.24. The van der Waals surface area contributed by atoms with Gasteiger partial charge in [-0.3, -0.25) is 9.59 Å². The van der Waals surface area contributed by atoms with Crippen LogP contribution in [0, 0.1) is 11.3 Å². The minimum absolute atomic E-state index is 0.218. The van der Waals surface area contributed by atoms with Crippen molar-refractivity contribution in [2.75, 3.05) is 13.2 Å². The molecule has 6 heteroatoms. The van der Waals surface area contributed by atoms with Gasteiger partial charge in [-0.15, -0.1) is 6.58 Å². The Morgan fingerprint density at radius 3 is 2.52 bits per heavy atom. The fourth-order valence-corrected chi connectivity index (χ4v) is 4.30. The van der Waals surface area contributed by atoms with Gasteiger partial charge in [-0.2, -0.15) is 0 Å². The van der Waals surface area contributed by atoms with E-state index in [9.17, 15) is 9.59 Å². The normalized spacial score (nSPS) is 31.3. The van der Waals surface area contributed by atoms with Crippen LogP contribution in [0.1, 0.15) is 32.8 Å². The zero-order chi connectivity index (χ0) is 19.7. The molecule has 1 fully saturated rings. The van der Waals surface area contributed by atoms with E-state index in [2.05, 4.69) is 6.58 Å². The Hall–Kier alpha value is -2.47. The van der Waals surface area contributed by atoms with E-state index in [0.717, 1.165) is 5.56 Å². The van der Waals surface area contributed by atoms with E-state index < -0.39 is 29.2 Å². The van der Waals surface area contributed by atoms with Crippen LogP contribution in [0.2, 0.25) is 0 Å². The molecule has 1 aliphatic carbocycles. The Morgan fingerprint density at radius 2 is 1.96 bits per heavy atom. The van der Waals surface area contributed by atoms with Crippen LogP contribution in [0.15, 0.2) is 48.0 Å². The molecule has 1 unspecified atom stereocenters. The van der Waals surface area contributed by atoms with Gasteiger partial charge in [0.15, 0.2) is 11.5 Å². The fourth-order valence-electron chi connectivity index (χ4n) is 4.30. The highest BCUT2D eigenvalue weighted by molar-refractivity contribution is 6.18. The molecular weight excluding hydrogens is 346 g/mol. The van der Waals surface area contributed by atoms with E-state index in [0.29, 0.717) is 18.7 Å². The lowest BCUT2D eigenvalue weighted by atomic mass is 9.76. The van der Waals surface area contributed by atoms with E-state index >= 15 is 0 Å². The first-order valence-electron chi connectivity index (χ1n) is 9.23. The molecular formula is C21H25NO5. The maximum absolute atomic E-state index is 13.2. The summed E-state index contributed by atoms with van der Waals surface area (Å²) in [5, 5.41) is 0. The van der Waals surface area contributed by atoms with Crippen LogP contribution in [0.3, 0.4) is 0 Å². The molecule has 1 aliphatic heterocycles. The number of benzene rings is 1. The molecule has 4 atom stereocenters. The van der Waals surface area contributed by atoms with Gasteiger partial charge in [0, 0.05) is 19.4 Å². The first kappa shape index (κ1) is 19.3. The van der Waals surface area contributed by atoms with Gasteiger partial charge in [-0.1, -0.05) is 36.4 Å². The molecule has 6 nitrogen and oxygen atoms in total. The molecule has 0 saturated heterocycles. The van der Waals surface area contributed by atoms with Crippen LogP contribution < -0.4 is 0 Å². The van der Waals surface area contributed by atoms with E-state index in [-0.39, 0.29) is 12.5 Å². The molecule has 0 radical (unpaired) electrons. The summed E-state index contributed by atoms with van der Waals surface area (Å²) in [5.74, 6) is -1.23. The number of hydrogen-bond acceptors (Lipinski definition) is 6. The molecule has 1 aromatic rings. The van der Waals surface area contributed by atoms with Crippen molar-refractivity contribution >= 4 is 17.7 Å². The summed E-state index contributed by atoms with van der Waals surface area (Å²) >= 11 is 0. The molecule has 1 aromatic carbocycles. The maximum atomic E-state index is 13.2. The second-order valence-electron chi connectivity index (χ2n) is 6.74. The summed E-state index contributed by atoms with van der Waals surface area (Å²) in [6.07, 6.45) is 1.18. The fraction of sp³-hybridized carbons (Fsp3) is 0.476. The minimum Gasteiger partial charge on any atom is -0.465 e. The number of aliphatic imine (C=N–C) groups is 1. The first-order chi connectivity index (χ1) is 13.0. The number of hydrogen-bond donors (Lipinski definition) is 0. The number of carbonyl (C=O) groups is 2. The van der Waals surface area contributed by atoms with Gasteiger partial charge in [0.25, 0.3) is 0 Å². The van der Waals surface area contributed by atoms with Gasteiger partial charge in [0.05, 0.1) is 12.3 Å². The lowest BCUT2D eigenvalue weighted by molar-refractivity contribution is -0.179. The van der Waals surface area contributed by atoms with Crippen LogP contribution in [-0.4, -0.2) is 42.7 Å². The van der Waals surface area contributed by atoms with Gasteiger partial charge in [-0.25, -0.2) is 4.99 Å². The first-order valence-corrected chi connectivity index (χ1v) is 9.23. The van der Waals surface area contributed by atoms with Crippen LogP contribution in [-0.2, 0) is 23.8 Å². The number of nitrogens with zero attached hydrogens (tertiary/aromatic N) is 1. The molecule has 0 spiro atoms. The summed E-state index contributed by atoms with van der Waals surface area (Å²) in [7, 11) is 0. The Bertz CT molecular complexity index is 774. The summed E-state index contributed by atoms with van der Waals surface area (Å²) in [5.41, 5.74) is -1.08. The number of esters is 2. The molecule has 2 bridgehead atoms. The van der Waals surface area contributed by atoms with Gasteiger partial charge in [0.2, 0.25) is 5.72 Å². The number of ether oxygens (including phenoxy) is 3. The maximum Gasteiger partial charge on any atom is 0.322 e. The molecule has 27 heavy (non-hydrogen) atoms. The van der Waals surface area contributed by atoms with E-state index in [1.165, 1.54) is 6.92 Å².